The maximum atomic E-state index is 12.5. The van der Waals surface area contributed by atoms with Crippen molar-refractivity contribution in [2.24, 2.45) is 0 Å². The fraction of sp³-hybridized carbons (Fsp3) is 0.316. The highest BCUT2D eigenvalue weighted by atomic mass is 19.4. The second kappa shape index (κ2) is 8.55. The minimum absolute atomic E-state index is 0.0193. The van der Waals surface area contributed by atoms with Crippen LogP contribution in [0.5, 0.6) is 11.5 Å². The van der Waals surface area contributed by atoms with Crippen LogP contribution in [0.4, 0.5) is 18.0 Å². The molecule has 0 aliphatic rings. The van der Waals surface area contributed by atoms with Crippen LogP contribution in [0.2, 0.25) is 0 Å². The Hall–Kier alpha value is -2.50. The number of carbonyl (C=O) groups excluding carboxylic acids is 1. The zero-order chi connectivity index (χ0) is 18.3. The van der Waals surface area contributed by atoms with Gasteiger partial charge in [0, 0.05) is 0 Å². The predicted molar refractivity (Wildman–Crippen MR) is 87.8 cm³/mol. The number of aryl methyl sites for hydroxylation is 1. The standard InChI is InChI=1S/C19H19F3O3/c1-2-3-4-5-14-6-10-16(11-7-14)24-18(23)25-17-12-8-15(9-13-17)19(20,21)22/h6-13H,2-5H2,1H3. The van der Waals surface area contributed by atoms with Gasteiger partial charge in [-0.25, -0.2) is 4.79 Å². The maximum Gasteiger partial charge on any atom is 0.519 e. The lowest BCUT2D eigenvalue weighted by atomic mass is 10.1. The lowest BCUT2D eigenvalue weighted by Crippen LogP contribution is -2.14. The molecule has 25 heavy (non-hydrogen) atoms. The zero-order valence-electron chi connectivity index (χ0n) is 13.8. The summed E-state index contributed by atoms with van der Waals surface area (Å²) in [6.07, 6.45) is -1.05. The quantitative estimate of drug-likeness (QED) is 0.362. The number of hydrogen-bond acceptors (Lipinski definition) is 3. The van der Waals surface area contributed by atoms with Crippen LogP contribution in [0.3, 0.4) is 0 Å². The molecular weight excluding hydrogens is 333 g/mol. The summed E-state index contributed by atoms with van der Waals surface area (Å²) in [6, 6.07) is 10.9. The molecule has 0 saturated carbocycles. The third-order valence-electron chi connectivity index (χ3n) is 3.58. The number of benzene rings is 2. The van der Waals surface area contributed by atoms with Gasteiger partial charge in [0.1, 0.15) is 11.5 Å². The van der Waals surface area contributed by atoms with E-state index in [2.05, 4.69) is 6.92 Å². The van der Waals surface area contributed by atoms with E-state index in [-0.39, 0.29) is 5.75 Å². The van der Waals surface area contributed by atoms with Crippen molar-refractivity contribution in [1.29, 1.82) is 0 Å². The summed E-state index contributed by atoms with van der Waals surface area (Å²) in [4.78, 5) is 11.7. The molecule has 0 spiro atoms. The number of ether oxygens (including phenoxy) is 2. The lowest BCUT2D eigenvalue weighted by molar-refractivity contribution is -0.137. The first-order valence-corrected chi connectivity index (χ1v) is 8.04. The third-order valence-corrected chi connectivity index (χ3v) is 3.58. The molecule has 0 bridgehead atoms. The van der Waals surface area contributed by atoms with Gasteiger partial charge in [-0.05, 0) is 54.8 Å². The molecule has 0 saturated heterocycles. The molecule has 2 aromatic carbocycles. The largest absolute Gasteiger partial charge is 0.519 e. The van der Waals surface area contributed by atoms with Gasteiger partial charge in [-0.15, -0.1) is 0 Å². The summed E-state index contributed by atoms with van der Waals surface area (Å²) in [5, 5.41) is 0. The van der Waals surface area contributed by atoms with E-state index in [9.17, 15) is 18.0 Å². The summed E-state index contributed by atoms with van der Waals surface area (Å²) in [7, 11) is 0. The molecule has 0 amide bonds. The molecule has 0 aliphatic carbocycles. The molecule has 3 nitrogen and oxygen atoms in total. The number of rotatable bonds is 6. The van der Waals surface area contributed by atoms with Crippen molar-refractivity contribution in [2.45, 2.75) is 38.8 Å². The number of unbranched alkanes of at least 4 members (excludes halogenated alkanes) is 2. The molecule has 0 fully saturated rings. The summed E-state index contributed by atoms with van der Waals surface area (Å²) in [6.45, 7) is 2.14. The highest BCUT2D eigenvalue weighted by Crippen LogP contribution is 2.30. The molecule has 2 rings (SSSR count). The van der Waals surface area contributed by atoms with E-state index in [1.54, 1.807) is 12.1 Å². The van der Waals surface area contributed by atoms with Crippen molar-refractivity contribution in [3.63, 3.8) is 0 Å². The van der Waals surface area contributed by atoms with Gasteiger partial charge in [0.2, 0.25) is 0 Å². The number of halogens is 3. The van der Waals surface area contributed by atoms with Crippen LogP contribution < -0.4 is 9.47 Å². The van der Waals surface area contributed by atoms with E-state index in [1.807, 2.05) is 12.1 Å². The first-order valence-electron chi connectivity index (χ1n) is 8.04. The molecule has 6 heteroatoms. The molecule has 2 aromatic rings. The molecule has 0 aliphatic heterocycles. The Morgan fingerprint density at radius 3 is 1.88 bits per heavy atom. The topological polar surface area (TPSA) is 35.5 Å². The molecule has 0 atom stereocenters. The van der Waals surface area contributed by atoms with Crippen molar-refractivity contribution >= 4 is 6.16 Å². The van der Waals surface area contributed by atoms with Crippen LogP contribution in [0.25, 0.3) is 0 Å². The SMILES string of the molecule is CCCCCc1ccc(OC(=O)Oc2ccc(C(F)(F)F)cc2)cc1. The minimum atomic E-state index is -4.43. The van der Waals surface area contributed by atoms with Crippen molar-refractivity contribution in [3.8, 4) is 11.5 Å². The fourth-order valence-corrected chi connectivity index (χ4v) is 2.23. The Kier molecular flexibility index (Phi) is 6.44. The Morgan fingerprint density at radius 1 is 0.880 bits per heavy atom. The van der Waals surface area contributed by atoms with Gasteiger partial charge in [0.05, 0.1) is 5.56 Å². The Balaban J connectivity index is 1.87. The van der Waals surface area contributed by atoms with Gasteiger partial charge < -0.3 is 9.47 Å². The van der Waals surface area contributed by atoms with E-state index in [4.69, 9.17) is 9.47 Å². The predicted octanol–water partition coefficient (Wildman–Crippen LogP) is 6.02. The van der Waals surface area contributed by atoms with Crippen molar-refractivity contribution in [1.82, 2.24) is 0 Å². The number of hydrogen-bond donors (Lipinski definition) is 0. The monoisotopic (exact) mass is 352 g/mol. The highest BCUT2D eigenvalue weighted by molar-refractivity contribution is 5.67. The van der Waals surface area contributed by atoms with Crippen LogP contribution in [-0.2, 0) is 12.6 Å². The Morgan fingerprint density at radius 2 is 1.40 bits per heavy atom. The smallest absolute Gasteiger partial charge is 0.395 e. The molecule has 0 aromatic heterocycles. The first kappa shape index (κ1) is 18.8. The van der Waals surface area contributed by atoms with Gasteiger partial charge in [0.25, 0.3) is 0 Å². The maximum absolute atomic E-state index is 12.5. The molecule has 0 N–H and O–H groups in total. The van der Waals surface area contributed by atoms with Gasteiger partial charge in [-0.1, -0.05) is 31.9 Å². The summed E-state index contributed by atoms with van der Waals surface area (Å²) >= 11 is 0. The van der Waals surface area contributed by atoms with Crippen molar-refractivity contribution in [2.75, 3.05) is 0 Å². The Labute approximate surface area is 144 Å². The summed E-state index contributed by atoms with van der Waals surface area (Å²) in [5.41, 5.74) is 0.337. The fourth-order valence-electron chi connectivity index (χ4n) is 2.23. The minimum Gasteiger partial charge on any atom is -0.395 e. The van der Waals surface area contributed by atoms with Crippen LogP contribution in [0.15, 0.2) is 48.5 Å². The van der Waals surface area contributed by atoms with Crippen molar-refractivity contribution < 1.29 is 27.4 Å². The molecule has 0 unspecified atom stereocenters. The van der Waals surface area contributed by atoms with Gasteiger partial charge >= 0.3 is 12.3 Å². The molecular formula is C19H19F3O3. The normalized spacial score (nSPS) is 11.2. The zero-order valence-corrected chi connectivity index (χ0v) is 13.8. The highest BCUT2D eigenvalue weighted by Gasteiger charge is 2.30. The lowest BCUT2D eigenvalue weighted by Gasteiger charge is -2.08. The number of carbonyl (C=O) groups is 1. The van der Waals surface area contributed by atoms with Gasteiger partial charge in [-0.2, -0.15) is 13.2 Å². The second-order valence-electron chi connectivity index (χ2n) is 5.58. The molecule has 134 valence electrons. The van der Waals surface area contributed by atoms with Crippen LogP contribution in [0.1, 0.15) is 37.3 Å². The van der Waals surface area contributed by atoms with Crippen LogP contribution in [-0.4, -0.2) is 6.16 Å². The molecule has 0 heterocycles. The van der Waals surface area contributed by atoms with E-state index in [1.165, 1.54) is 0 Å². The average molecular weight is 352 g/mol. The van der Waals surface area contributed by atoms with E-state index in [0.717, 1.165) is 55.5 Å². The van der Waals surface area contributed by atoms with Gasteiger partial charge in [-0.3, -0.25) is 0 Å². The van der Waals surface area contributed by atoms with E-state index in [0.29, 0.717) is 5.75 Å². The van der Waals surface area contributed by atoms with Gasteiger partial charge in [0.15, 0.2) is 0 Å². The summed E-state index contributed by atoms with van der Waals surface area (Å²) < 4.78 is 47.3. The van der Waals surface area contributed by atoms with E-state index >= 15 is 0 Å². The Bertz CT molecular complexity index is 677. The summed E-state index contributed by atoms with van der Waals surface area (Å²) in [5.74, 6) is 0.297. The van der Waals surface area contributed by atoms with E-state index < -0.39 is 17.9 Å². The number of alkyl halides is 3. The third kappa shape index (κ3) is 6.14. The van der Waals surface area contributed by atoms with Crippen molar-refractivity contribution in [3.05, 3.63) is 59.7 Å². The molecule has 0 radical (unpaired) electrons. The first-order chi connectivity index (χ1) is 11.9. The van der Waals surface area contributed by atoms with Crippen LogP contribution in [0, 0.1) is 0 Å². The second-order valence-corrected chi connectivity index (χ2v) is 5.58. The average Bonchev–Trinajstić information content (AvgIpc) is 2.56. The van der Waals surface area contributed by atoms with Crippen LogP contribution >= 0.6 is 0 Å².